The molecule has 0 spiro atoms. The molecule has 0 fully saturated rings. The van der Waals surface area contributed by atoms with E-state index in [4.69, 9.17) is 11.6 Å². The van der Waals surface area contributed by atoms with E-state index in [0.717, 1.165) is 10.2 Å². The van der Waals surface area contributed by atoms with Crippen molar-refractivity contribution in [3.05, 3.63) is 49.8 Å². The third kappa shape index (κ3) is 2.97. The zero-order valence-corrected chi connectivity index (χ0v) is 11.3. The standard InChI is InChI=1S/C11H8BrClFNS/c12-7-3-9(16-6-7)5-15-8-1-2-11(14)10(13)4-8/h1-4,6,15H,5H2. The minimum atomic E-state index is -0.397. The van der Waals surface area contributed by atoms with Gasteiger partial charge < -0.3 is 5.32 Å². The normalized spacial score (nSPS) is 10.4. The van der Waals surface area contributed by atoms with E-state index in [1.54, 1.807) is 23.5 Å². The molecule has 1 aromatic carbocycles. The molecule has 0 amide bonds. The van der Waals surface area contributed by atoms with Crippen molar-refractivity contribution in [1.29, 1.82) is 0 Å². The fourth-order valence-corrected chi connectivity index (χ4v) is 2.81. The number of nitrogens with one attached hydrogen (secondary N) is 1. The van der Waals surface area contributed by atoms with Gasteiger partial charge in [0.15, 0.2) is 0 Å². The predicted octanol–water partition coefficient (Wildman–Crippen LogP) is 4.92. The van der Waals surface area contributed by atoms with Gasteiger partial charge in [0.2, 0.25) is 0 Å². The Hall–Kier alpha value is -0.580. The number of hydrogen-bond donors (Lipinski definition) is 1. The third-order valence-electron chi connectivity index (χ3n) is 2.01. The van der Waals surface area contributed by atoms with Gasteiger partial charge in [0.1, 0.15) is 5.82 Å². The molecule has 0 radical (unpaired) electrons. The molecular weight excluding hydrogens is 313 g/mol. The Morgan fingerprint density at radius 3 is 2.81 bits per heavy atom. The van der Waals surface area contributed by atoms with Crippen LogP contribution < -0.4 is 5.32 Å². The Kier molecular flexibility index (Phi) is 3.84. The summed E-state index contributed by atoms with van der Waals surface area (Å²) in [6.07, 6.45) is 0. The van der Waals surface area contributed by atoms with Crippen LogP contribution in [0.25, 0.3) is 0 Å². The van der Waals surface area contributed by atoms with Gasteiger partial charge in [0.25, 0.3) is 0 Å². The highest BCUT2D eigenvalue weighted by Crippen LogP contribution is 2.23. The quantitative estimate of drug-likeness (QED) is 0.847. The monoisotopic (exact) mass is 319 g/mol. The van der Waals surface area contributed by atoms with Gasteiger partial charge in [-0.2, -0.15) is 0 Å². The molecule has 0 saturated heterocycles. The van der Waals surface area contributed by atoms with Crippen molar-refractivity contribution in [3.63, 3.8) is 0 Å². The summed E-state index contributed by atoms with van der Waals surface area (Å²) in [6.45, 7) is 0.707. The topological polar surface area (TPSA) is 12.0 Å². The van der Waals surface area contributed by atoms with Crippen LogP contribution in [0.3, 0.4) is 0 Å². The van der Waals surface area contributed by atoms with Crippen molar-refractivity contribution in [2.75, 3.05) is 5.32 Å². The van der Waals surface area contributed by atoms with Gasteiger partial charge in [-0.25, -0.2) is 4.39 Å². The van der Waals surface area contributed by atoms with E-state index in [-0.39, 0.29) is 5.02 Å². The van der Waals surface area contributed by atoms with Crippen molar-refractivity contribution in [1.82, 2.24) is 0 Å². The van der Waals surface area contributed by atoms with Gasteiger partial charge in [-0.3, -0.25) is 0 Å². The summed E-state index contributed by atoms with van der Waals surface area (Å²) in [6, 6.07) is 6.65. The largest absolute Gasteiger partial charge is 0.380 e. The first-order valence-electron chi connectivity index (χ1n) is 4.57. The molecule has 2 aromatic rings. The molecule has 0 saturated carbocycles. The van der Waals surface area contributed by atoms with E-state index in [9.17, 15) is 4.39 Å². The summed E-state index contributed by atoms with van der Waals surface area (Å²) < 4.78 is 14.0. The van der Waals surface area contributed by atoms with E-state index >= 15 is 0 Å². The van der Waals surface area contributed by atoms with Gasteiger partial charge in [-0.05, 0) is 40.2 Å². The fraction of sp³-hybridized carbons (Fsp3) is 0.0909. The van der Waals surface area contributed by atoms with Crippen LogP contribution in [0.5, 0.6) is 0 Å². The van der Waals surface area contributed by atoms with Crippen molar-refractivity contribution in [2.45, 2.75) is 6.54 Å². The Balaban J connectivity index is 2.02. The first-order valence-corrected chi connectivity index (χ1v) is 6.62. The molecule has 2 rings (SSSR count). The summed E-state index contributed by atoms with van der Waals surface area (Å²) in [5.74, 6) is -0.397. The lowest BCUT2D eigenvalue weighted by Gasteiger charge is -2.05. The Morgan fingerprint density at radius 1 is 1.38 bits per heavy atom. The van der Waals surface area contributed by atoms with Crippen LogP contribution in [0.15, 0.2) is 34.1 Å². The molecule has 0 aliphatic rings. The number of thiophene rings is 1. The van der Waals surface area contributed by atoms with Crippen LogP contribution in [-0.4, -0.2) is 0 Å². The summed E-state index contributed by atoms with van der Waals surface area (Å²) in [7, 11) is 0. The molecule has 84 valence electrons. The minimum Gasteiger partial charge on any atom is -0.380 e. The molecule has 1 N–H and O–H groups in total. The highest BCUT2D eigenvalue weighted by atomic mass is 79.9. The maximum atomic E-state index is 12.9. The van der Waals surface area contributed by atoms with Crippen molar-refractivity contribution in [2.24, 2.45) is 0 Å². The maximum absolute atomic E-state index is 12.9. The second kappa shape index (κ2) is 5.17. The van der Waals surface area contributed by atoms with Crippen LogP contribution in [-0.2, 0) is 6.54 Å². The molecular formula is C11H8BrClFNS. The molecule has 1 aromatic heterocycles. The fourth-order valence-electron chi connectivity index (χ4n) is 1.24. The SMILES string of the molecule is Fc1ccc(NCc2cc(Br)cs2)cc1Cl. The second-order valence-corrected chi connectivity index (χ2v) is 5.53. The van der Waals surface area contributed by atoms with Gasteiger partial charge >= 0.3 is 0 Å². The van der Waals surface area contributed by atoms with Gasteiger partial charge in [0.05, 0.1) is 5.02 Å². The van der Waals surface area contributed by atoms with Gasteiger partial charge in [0, 0.05) is 27.0 Å². The second-order valence-electron chi connectivity index (χ2n) is 3.21. The summed E-state index contributed by atoms with van der Waals surface area (Å²) in [5, 5.41) is 5.34. The highest BCUT2D eigenvalue weighted by molar-refractivity contribution is 9.10. The molecule has 0 unspecified atom stereocenters. The number of hydrogen-bond acceptors (Lipinski definition) is 2. The molecule has 0 aliphatic heterocycles. The molecule has 0 atom stereocenters. The van der Waals surface area contributed by atoms with E-state index in [0.29, 0.717) is 6.54 Å². The number of anilines is 1. The summed E-state index contributed by atoms with van der Waals surface area (Å²) in [4.78, 5) is 1.20. The zero-order chi connectivity index (χ0) is 11.5. The molecule has 5 heteroatoms. The Morgan fingerprint density at radius 2 is 2.19 bits per heavy atom. The first kappa shape index (κ1) is 11.9. The first-order chi connectivity index (χ1) is 7.65. The van der Waals surface area contributed by atoms with E-state index in [1.165, 1.54) is 10.9 Å². The molecule has 0 aliphatic carbocycles. The minimum absolute atomic E-state index is 0.136. The number of rotatable bonds is 3. The van der Waals surface area contributed by atoms with Gasteiger partial charge in [-0.15, -0.1) is 11.3 Å². The number of halogens is 3. The van der Waals surface area contributed by atoms with E-state index < -0.39 is 5.82 Å². The maximum Gasteiger partial charge on any atom is 0.141 e. The lowest BCUT2D eigenvalue weighted by atomic mass is 10.3. The average Bonchev–Trinajstić information content (AvgIpc) is 2.66. The van der Waals surface area contributed by atoms with Crippen LogP contribution in [0.2, 0.25) is 5.02 Å². The van der Waals surface area contributed by atoms with Crippen LogP contribution in [0.1, 0.15) is 4.88 Å². The zero-order valence-electron chi connectivity index (χ0n) is 8.14. The summed E-state index contributed by atoms with van der Waals surface area (Å²) >= 11 is 10.7. The van der Waals surface area contributed by atoms with Crippen LogP contribution in [0.4, 0.5) is 10.1 Å². The van der Waals surface area contributed by atoms with Crippen molar-refractivity contribution in [3.8, 4) is 0 Å². The van der Waals surface area contributed by atoms with Crippen molar-refractivity contribution < 1.29 is 4.39 Å². The number of benzene rings is 1. The predicted molar refractivity (Wildman–Crippen MR) is 70.8 cm³/mol. The van der Waals surface area contributed by atoms with Crippen LogP contribution in [0, 0.1) is 5.82 Å². The third-order valence-corrected chi connectivity index (χ3v) is 4.00. The average molecular weight is 321 g/mol. The highest BCUT2D eigenvalue weighted by Gasteiger charge is 2.01. The van der Waals surface area contributed by atoms with E-state index in [1.807, 2.05) is 11.4 Å². The van der Waals surface area contributed by atoms with E-state index in [2.05, 4.69) is 21.2 Å². The Bertz CT molecular complexity index is 500. The van der Waals surface area contributed by atoms with Crippen LogP contribution >= 0.6 is 38.9 Å². The lowest BCUT2D eigenvalue weighted by Crippen LogP contribution is -1.97. The smallest absolute Gasteiger partial charge is 0.141 e. The molecule has 0 bridgehead atoms. The van der Waals surface area contributed by atoms with Crippen molar-refractivity contribution >= 4 is 44.6 Å². The Labute approximate surface area is 110 Å². The summed E-state index contributed by atoms with van der Waals surface area (Å²) in [5.41, 5.74) is 0.816. The molecule has 16 heavy (non-hydrogen) atoms. The lowest BCUT2D eigenvalue weighted by molar-refractivity contribution is 0.628. The molecule has 1 nitrogen and oxygen atoms in total. The molecule has 1 heterocycles. The van der Waals surface area contributed by atoms with Gasteiger partial charge in [-0.1, -0.05) is 11.6 Å².